The molecule has 8 heteroatoms. The molecule has 0 saturated heterocycles. The van der Waals surface area contributed by atoms with Gasteiger partial charge in [0.05, 0.1) is 12.7 Å². The zero-order chi connectivity index (χ0) is 18.1. The molecule has 0 spiro atoms. The third kappa shape index (κ3) is 6.39. The topological polar surface area (TPSA) is 73.9 Å². The van der Waals surface area contributed by atoms with Gasteiger partial charge in [-0.2, -0.15) is 8.78 Å². The van der Waals surface area contributed by atoms with Gasteiger partial charge >= 0.3 is 12.6 Å². The molecule has 0 radical (unpaired) electrons. The van der Waals surface area contributed by atoms with Crippen LogP contribution in [0.5, 0.6) is 11.5 Å². The first kappa shape index (κ1) is 19.7. The van der Waals surface area contributed by atoms with Crippen molar-refractivity contribution < 1.29 is 32.6 Å². The summed E-state index contributed by atoms with van der Waals surface area (Å²) in [6.45, 7) is 0.420. The molecular formula is C16H21F2NO5. The van der Waals surface area contributed by atoms with Gasteiger partial charge in [0.25, 0.3) is 5.91 Å². The largest absolute Gasteiger partial charge is 0.493 e. The number of hydrogen-bond acceptors (Lipinski definition) is 5. The normalized spacial score (nSPS) is 11.8. The SMILES string of the molecule is CCC[C@H](C)NC(=O)COC(=O)c1ccc(OC(F)F)c(OC)c1. The number of alkyl halides is 2. The maximum atomic E-state index is 12.3. The fraction of sp³-hybridized carbons (Fsp3) is 0.500. The van der Waals surface area contributed by atoms with Crippen molar-refractivity contribution in [2.75, 3.05) is 13.7 Å². The Morgan fingerprint density at radius 2 is 1.96 bits per heavy atom. The van der Waals surface area contributed by atoms with Crippen LogP contribution in [0, 0.1) is 0 Å². The van der Waals surface area contributed by atoms with E-state index in [1.165, 1.54) is 25.3 Å². The molecule has 1 amide bonds. The molecule has 6 nitrogen and oxygen atoms in total. The molecule has 0 bridgehead atoms. The molecule has 0 saturated carbocycles. The third-order valence-electron chi connectivity index (χ3n) is 3.08. The van der Waals surface area contributed by atoms with Gasteiger partial charge in [-0.15, -0.1) is 0 Å². The average Bonchev–Trinajstić information content (AvgIpc) is 2.52. The van der Waals surface area contributed by atoms with Crippen LogP contribution in [0.2, 0.25) is 0 Å². The highest BCUT2D eigenvalue weighted by atomic mass is 19.3. The summed E-state index contributed by atoms with van der Waals surface area (Å²) < 4.78 is 38.6. The molecule has 0 aliphatic rings. The fourth-order valence-electron chi connectivity index (χ4n) is 2.02. The number of hydrogen-bond donors (Lipinski definition) is 1. The molecule has 1 N–H and O–H groups in total. The summed E-state index contributed by atoms with van der Waals surface area (Å²) in [5, 5.41) is 2.70. The molecule has 0 aliphatic carbocycles. The van der Waals surface area contributed by atoms with Gasteiger partial charge in [0.1, 0.15) is 0 Å². The Morgan fingerprint density at radius 3 is 2.54 bits per heavy atom. The number of methoxy groups -OCH3 is 1. The van der Waals surface area contributed by atoms with Gasteiger partial charge in [0.2, 0.25) is 0 Å². The molecule has 134 valence electrons. The van der Waals surface area contributed by atoms with Crippen LogP contribution in [0.25, 0.3) is 0 Å². The van der Waals surface area contributed by atoms with Crippen LogP contribution in [0.15, 0.2) is 18.2 Å². The minimum Gasteiger partial charge on any atom is -0.493 e. The summed E-state index contributed by atoms with van der Waals surface area (Å²) in [4.78, 5) is 23.6. The van der Waals surface area contributed by atoms with E-state index in [0.717, 1.165) is 12.8 Å². The summed E-state index contributed by atoms with van der Waals surface area (Å²) in [5.74, 6) is -1.41. The van der Waals surface area contributed by atoms with E-state index in [9.17, 15) is 18.4 Å². The molecular weight excluding hydrogens is 324 g/mol. The molecule has 0 heterocycles. The lowest BCUT2D eigenvalue weighted by Crippen LogP contribution is -2.35. The van der Waals surface area contributed by atoms with Gasteiger partial charge in [-0.3, -0.25) is 4.79 Å². The lowest BCUT2D eigenvalue weighted by atomic mass is 10.2. The first-order valence-corrected chi connectivity index (χ1v) is 7.46. The molecule has 0 aromatic heterocycles. The van der Waals surface area contributed by atoms with Gasteiger partial charge in [0, 0.05) is 6.04 Å². The second-order valence-corrected chi connectivity index (χ2v) is 5.08. The number of ether oxygens (including phenoxy) is 3. The second kappa shape index (κ2) is 9.69. The van der Waals surface area contributed by atoms with Gasteiger partial charge in [-0.25, -0.2) is 4.79 Å². The van der Waals surface area contributed by atoms with Crippen molar-refractivity contribution in [2.24, 2.45) is 0 Å². The average molecular weight is 345 g/mol. The predicted molar refractivity (Wildman–Crippen MR) is 82.4 cm³/mol. The Balaban J connectivity index is 2.63. The number of benzene rings is 1. The maximum absolute atomic E-state index is 12.3. The lowest BCUT2D eigenvalue weighted by Gasteiger charge is -2.13. The van der Waals surface area contributed by atoms with Crippen molar-refractivity contribution >= 4 is 11.9 Å². The van der Waals surface area contributed by atoms with Gasteiger partial charge in [-0.1, -0.05) is 13.3 Å². The zero-order valence-corrected chi connectivity index (χ0v) is 13.8. The Labute approximate surface area is 139 Å². The summed E-state index contributed by atoms with van der Waals surface area (Å²) >= 11 is 0. The smallest absolute Gasteiger partial charge is 0.387 e. The van der Waals surface area contributed by atoms with Crippen LogP contribution in [0.4, 0.5) is 8.78 Å². The Morgan fingerprint density at radius 1 is 1.25 bits per heavy atom. The van der Waals surface area contributed by atoms with E-state index in [1.807, 2.05) is 13.8 Å². The number of carbonyl (C=O) groups is 2. The number of carbonyl (C=O) groups excluding carboxylic acids is 2. The minimum absolute atomic E-state index is 0.00734. The predicted octanol–water partition coefficient (Wildman–Crippen LogP) is 2.76. The Hall–Kier alpha value is -2.38. The van der Waals surface area contributed by atoms with Crippen LogP contribution in [0.1, 0.15) is 37.0 Å². The summed E-state index contributed by atoms with van der Waals surface area (Å²) in [6, 6.07) is 3.62. The highest BCUT2D eigenvalue weighted by Crippen LogP contribution is 2.29. The van der Waals surface area contributed by atoms with Crippen molar-refractivity contribution in [3.63, 3.8) is 0 Å². The second-order valence-electron chi connectivity index (χ2n) is 5.08. The van der Waals surface area contributed by atoms with E-state index in [-0.39, 0.29) is 23.1 Å². The van der Waals surface area contributed by atoms with Crippen molar-refractivity contribution in [2.45, 2.75) is 39.3 Å². The number of esters is 1. The van der Waals surface area contributed by atoms with E-state index in [1.54, 1.807) is 0 Å². The van der Waals surface area contributed by atoms with Crippen molar-refractivity contribution in [3.05, 3.63) is 23.8 Å². The first-order chi connectivity index (χ1) is 11.4. The van der Waals surface area contributed by atoms with E-state index in [4.69, 9.17) is 9.47 Å². The van der Waals surface area contributed by atoms with Gasteiger partial charge in [0.15, 0.2) is 18.1 Å². The number of halogens is 2. The third-order valence-corrected chi connectivity index (χ3v) is 3.08. The lowest BCUT2D eigenvalue weighted by molar-refractivity contribution is -0.124. The van der Waals surface area contributed by atoms with Crippen molar-refractivity contribution in [3.8, 4) is 11.5 Å². The molecule has 1 aromatic rings. The van der Waals surface area contributed by atoms with Crippen LogP contribution < -0.4 is 14.8 Å². The van der Waals surface area contributed by atoms with E-state index in [0.29, 0.717) is 0 Å². The maximum Gasteiger partial charge on any atom is 0.387 e. The highest BCUT2D eigenvalue weighted by Gasteiger charge is 2.16. The molecule has 1 rings (SSSR count). The minimum atomic E-state index is -3.01. The molecule has 24 heavy (non-hydrogen) atoms. The van der Waals surface area contributed by atoms with Gasteiger partial charge < -0.3 is 19.5 Å². The summed E-state index contributed by atoms with van der Waals surface area (Å²) in [6.07, 6.45) is 1.75. The number of nitrogens with one attached hydrogen (secondary N) is 1. The van der Waals surface area contributed by atoms with E-state index in [2.05, 4.69) is 10.1 Å². The Kier molecular flexibility index (Phi) is 7.94. The number of rotatable bonds is 9. The number of amides is 1. The van der Waals surface area contributed by atoms with Crippen molar-refractivity contribution in [1.82, 2.24) is 5.32 Å². The van der Waals surface area contributed by atoms with Crippen LogP contribution in [-0.4, -0.2) is 38.2 Å². The van der Waals surface area contributed by atoms with Crippen LogP contribution in [0.3, 0.4) is 0 Å². The van der Waals surface area contributed by atoms with Gasteiger partial charge in [-0.05, 0) is 31.5 Å². The Bertz CT molecular complexity index is 565. The van der Waals surface area contributed by atoms with Crippen molar-refractivity contribution in [1.29, 1.82) is 0 Å². The quantitative estimate of drug-likeness (QED) is 0.697. The molecule has 0 aliphatic heterocycles. The van der Waals surface area contributed by atoms with E-state index < -0.39 is 25.1 Å². The summed E-state index contributed by atoms with van der Waals surface area (Å²) in [5.41, 5.74) is 0.0582. The highest BCUT2D eigenvalue weighted by molar-refractivity contribution is 5.92. The van der Waals surface area contributed by atoms with Crippen LogP contribution in [-0.2, 0) is 9.53 Å². The molecule has 1 atom stereocenters. The van der Waals surface area contributed by atoms with Crippen LogP contribution >= 0.6 is 0 Å². The first-order valence-electron chi connectivity index (χ1n) is 7.46. The zero-order valence-electron chi connectivity index (χ0n) is 13.8. The molecule has 1 aromatic carbocycles. The summed E-state index contributed by atoms with van der Waals surface area (Å²) in [7, 11) is 1.26. The molecule has 0 fully saturated rings. The molecule has 0 unspecified atom stereocenters. The fourth-order valence-corrected chi connectivity index (χ4v) is 2.02. The monoisotopic (exact) mass is 345 g/mol. The van der Waals surface area contributed by atoms with E-state index >= 15 is 0 Å². The standard InChI is InChI=1S/C16H21F2NO5/c1-4-5-10(2)19-14(20)9-23-15(21)11-6-7-12(24-16(17)18)13(8-11)22-3/h6-8,10,16H,4-5,9H2,1-3H3,(H,19,20)/t10-/m0/s1.